The molecule has 5 heteroatoms. The first-order valence-electron chi connectivity index (χ1n) is 6.21. The Hall–Kier alpha value is -0.840. The van der Waals surface area contributed by atoms with Crippen LogP contribution in [-0.2, 0) is 13.5 Å². The summed E-state index contributed by atoms with van der Waals surface area (Å²) in [4.78, 5) is 0. The Morgan fingerprint density at radius 3 is 2.79 bits per heavy atom. The van der Waals surface area contributed by atoms with Crippen LogP contribution in [0.2, 0.25) is 5.02 Å². The van der Waals surface area contributed by atoms with Crippen molar-refractivity contribution in [1.29, 1.82) is 0 Å². The molecule has 1 aromatic carbocycles. The summed E-state index contributed by atoms with van der Waals surface area (Å²) in [5.74, 6) is 0. The van der Waals surface area contributed by atoms with Gasteiger partial charge >= 0.3 is 0 Å². The number of hydrogen-bond acceptors (Lipinski definition) is 2. The second-order valence-electron chi connectivity index (χ2n) is 4.49. The predicted molar refractivity (Wildman–Crippen MR) is 82.5 cm³/mol. The maximum atomic E-state index is 6.31. The Bertz CT molecular complexity index is 553. The van der Waals surface area contributed by atoms with Gasteiger partial charge in [-0.25, -0.2) is 0 Å². The fourth-order valence-electron chi connectivity index (χ4n) is 2.18. The van der Waals surface area contributed by atoms with Gasteiger partial charge < -0.3 is 5.32 Å². The van der Waals surface area contributed by atoms with Crippen LogP contribution < -0.4 is 5.32 Å². The van der Waals surface area contributed by atoms with E-state index in [0.29, 0.717) is 0 Å². The molecule has 0 aliphatic rings. The molecule has 1 aromatic heterocycles. The molecular formula is C14H17BrClN3. The van der Waals surface area contributed by atoms with Crippen LogP contribution in [0.4, 0.5) is 0 Å². The number of nitrogens with one attached hydrogen (secondary N) is 1. The largest absolute Gasteiger partial charge is 0.313 e. The number of halogens is 2. The third-order valence-electron chi connectivity index (χ3n) is 3.30. The molecule has 19 heavy (non-hydrogen) atoms. The molecule has 1 unspecified atom stereocenters. The predicted octanol–water partition coefficient (Wildman–Crippen LogP) is 3.73. The summed E-state index contributed by atoms with van der Waals surface area (Å²) in [6, 6.07) is 8.32. The van der Waals surface area contributed by atoms with Gasteiger partial charge in [0, 0.05) is 34.5 Å². The Labute approximate surface area is 127 Å². The molecule has 3 nitrogen and oxygen atoms in total. The molecule has 1 heterocycles. The van der Waals surface area contributed by atoms with E-state index in [2.05, 4.69) is 38.5 Å². The standard InChI is InChI=1S/C14H17BrClN3/c1-17-14(6-4-11-7-8-18-19(11)2)12-5-3-10(15)9-13(12)16/h3,5,7-9,14,17H,4,6H2,1-2H3. The van der Waals surface area contributed by atoms with Crippen molar-refractivity contribution in [2.45, 2.75) is 18.9 Å². The average molecular weight is 343 g/mol. The molecule has 2 rings (SSSR count). The fraction of sp³-hybridized carbons (Fsp3) is 0.357. The average Bonchev–Trinajstić information content (AvgIpc) is 2.78. The quantitative estimate of drug-likeness (QED) is 0.897. The fourth-order valence-corrected chi connectivity index (χ4v) is 2.98. The molecule has 0 saturated carbocycles. The van der Waals surface area contributed by atoms with Crippen molar-refractivity contribution in [3.05, 3.63) is 51.2 Å². The maximum absolute atomic E-state index is 6.31. The van der Waals surface area contributed by atoms with Gasteiger partial charge in [0.25, 0.3) is 0 Å². The van der Waals surface area contributed by atoms with Crippen molar-refractivity contribution < 1.29 is 0 Å². The van der Waals surface area contributed by atoms with E-state index < -0.39 is 0 Å². The smallest absolute Gasteiger partial charge is 0.0492 e. The van der Waals surface area contributed by atoms with Crippen LogP contribution >= 0.6 is 27.5 Å². The molecule has 0 fully saturated rings. The topological polar surface area (TPSA) is 29.9 Å². The van der Waals surface area contributed by atoms with Crippen molar-refractivity contribution in [3.63, 3.8) is 0 Å². The lowest BCUT2D eigenvalue weighted by Gasteiger charge is -2.18. The van der Waals surface area contributed by atoms with Gasteiger partial charge in [-0.3, -0.25) is 4.68 Å². The number of benzene rings is 1. The minimum absolute atomic E-state index is 0.246. The summed E-state index contributed by atoms with van der Waals surface area (Å²) in [7, 11) is 3.93. The lowest BCUT2D eigenvalue weighted by molar-refractivity contribution is 0.536. The number of aryl methyl sites for hydroxylation is 2. The lowest BCUT2D eigenvalue weighted by Crippen LogP contribution is -2.18. The van der Waals surface area contributed by atoms with Gasteiger partial charge in [-0.1, -0.05) is 33.6 Å². The van der Waals surface area contributed by atoms with Crippen molar-refractivity contribution in [3.8, 4) is 0 Å². The third kappa shape index (κ3) is 3.59. The van der Waals surface area contributed by atoms with Gasteiger partial charge in [0.15, 0.2) is 0 Å². The first kappa shape index (κ1) is 14.6. The molecule has 2 aromatic rings. The molecule has 1 atom stereocenters. The van der Waals surface area contributed by atoms with E-state index in [1.54, 1.807) is 0 Å². The van der Waals surface area contributed by atoms with E-state index >= 15 is 0 Å². The molecule has 0 aliphatic heterocycles. The summed E-state index contributed by atoms with van der Waals surface area (Å²) in [6.07, 6.45) is 3.78. The van der Waals surface area contributed by atoms with E-state index in [-0.39, 0.29) is 6.04 Å². The summed E-state index contributed by atoms with van der Waals surface area (Å²) in [6.45, 7) is 0. The SMILES string of the molecule is CNC(CCc1ccnn1C)c1ccc(Br)cc1Cl. The number of hydrogen-bond donors (Lipinski definition) is 1. The Kier molecular flexibility index (Phi) is 5.02. The molecule has 0 saturated heterocycles. The summed E-state index contributed by atoms with van der Waals surface area (Å²) in [5, 5.41) is 8.31. The van der Waals surface area contributed by atoms with Gasteiger partial charge in [0.05, 0.1) is 0 Å². The Morgan fingerprint density at radius 1 is 1.42 bits per heavy atom. The molecule has 0 bridgehead atoms. The lowest BCUT2D eigenvalue weighted by atomic mass is 10.0. The zero-order valence-electron chi connectivity index (χ0n) is 11.0. The summed E-state index contributed by atoms with van der Waals surface area (Å²) in [5.41, 5.74) is 2.36. The van der Waals surface area contributed by atoms with E-state index in [1.165, 1.54) is 5.69 Å². The van der Waals surface area contributed by atoms with E-state index in [9.17, 15) is 0 Å². The van der Waals surface area contributed by atoms with Crippen LogP contribution in [0.25, 0.3) is 0 Å². The molecule has 0 radical (unpaired) electrons. The minimum atomic E-state index is 0.246. The van der Waals surface area contributed by atoms with E-state index in [4.69, 9.17) is 11.6 Å². The van der Waals surface area contributed by atoms with E-state index in [1.807, 2.05) is 37.1 Å². The summed E-state index contributed by atoms with van der Waals surface area (Å²) < 4.78 is 2.92. The van der Waals surface area contributed by atoms with Gasteiger partial charge in [0.2, 0.25) is 0 Å². The van der Waals surface area contributed by atoms with Crippen molar-refractivity contribution in [1.82, 2.24) is 15.1 Å². The Balaban J connectivity index is 2.10. The van der Waals surface area contributed by atoms with Gasteiger partial charge in [-0.2, -0.15) is 5.10 Å². The molecule has 102 valence electrons. The van der Waals surface area contributed by atoms with Crippen LogP contribution in [0.1, 0.15) is 23.7 Å². The van der Waals surface area contributed by atoms with Crippen molar-refractivity contribution >= 4 is 27.5 Å². The number of aromatic nitrogens is 2. The molecule has 0 spiro atoms. The zero-order valence-corrected chi connectivity index (χ0v) is 13.4. The van der Waals surface area contributed by atoms with Crippen LogP contribution in [-0.4, -0.2) is 16.8 Å². The molecular weight excluding hydrogens is 326 g/mol. The van der Waals surface area contributed by atoms with Gasteiger partial charge in [0.1, 0.15) is 0 Å². The number of rotatable bonds is 5. The summed E-state index contributed by atoms with van der Waals surface area (Å²) >= 11 is 9.74. The van der Waals surface area contributed by atoms with Crippen LogP contribution in [0.5, 0.6) is 0 Å². The maximum Gasteiger partial charge on any atom is 0.0492 e. The molecule has 1 N–H and O–H groups in total. The molecule has 0 amide bonds. The monoisotopic (exact) mass is 341 g/mol. The normalized spacial score (nSPS) is 12.6. The van der Waals surface area contributed by atoms with Crippen LogP contribution in [0.3, 0.4) is 0 Å². The van der Waals surface area contributed by atoms with Crippen molar-refractivity contribution in [2.24, 2.45) is 7.05 Å². The highest BCUT2D eigenvalue weighted by molar-refractivity contribution is 9.10. The third-order valence-corrected chi connectivity index (χ3v) is 4.12. The van der Waals surface area contributed by atoms with Crippen LogP contribution in [0.15, 0.2) is 34.9 Å². The van der Waals surface area contributed by atoms with Crippen LogP contribution in [0, 0.1) is 0 Å². The number of nitrogens with zero attached hydrogens (tertiary/aromatic N) is 2. The highest BCUT2D eigenvalue weighted by Crippen LogP contribution is 2.28. The van der Waals surface area contributed by atoms with E-state index in [0.717, 1.165) is 27.9 Å². The van der Waals surface area contributed by atoms with Gasteiger partial charge in [-0.05, 0) is 43.7 Å². The second-order valence-corrected chi connectivity index (χ2v) is 5.81. The molecule has 0 aliphatic carbocycles. The Morgan fingerprint density at radius 2 is 2.21 bits per heavy atom. The first-order valence-corrected chi connectivity index (χ1v) is 7.38. The second kappa shape index (κ2) is 6.55. The highest BCUT2D eigenvalue weighted by Gasteiger charge is 2.13. The highest BCUT2D eigenvalue weighted by atomic mass is 79.9. The van der Waals surface area contributed by atoms with Gasteiger partial charge in [-0.15, -0.1) is 0 Å². The van der Waals surface area contributed by atoms with Crippen molar-refractivity contribution in [2.75, 3.05) is 7.05 Å². The first-order chi connectivity index (χ1) is 9.11. The minimum Gasteiger partial charge on any atom is -0.313 e. The zero-order chi connectivity index (χ0) is 13.8.